The van der Waals surface area contributed by atoms with Gasteiger partial charge in [-0.1, -0.05) is 18.6 Å². The summed E-state index contributed by atoms with van der Waals surface area (Å²) >= 11 is 0. The lowest BCUT2D eigenvalue weighted by Gasteiger charge is -2.13. The molecule has 2 aromatic rings. The summed E-state index contributed by atoms with van der Waals surface area (Å²) < 4.78 is 5.78. The Morgan fingerprint density at radius 2 is 2.11 bits per heavy atom. The highest BCUT2D eigenvalue weighted by Crippen LogP contribution is 2.20. The standard InChI is InChI=1S/C15H22N2O/c1-4-17(3)8-7-16-11-14-10-13-9-12(2)5-6-15(13)18-14/h5-6,9-10,16H,4,7-8,11H2,1-3H3. The van der Waals surface area contributed by atoms with Crippen molar-refractivity contribution >= 4 is 11.0 Å². The number of hydrogen-bond donors (Lipinski definition) is 1. The van der Waals surface area contributed by atoms with Gasteiger partial charge in [0.25, 0.3) is 0 Å². The molecule has 0 bridgehead atoms. The molecule has 0 amide bonds. The van der Waals surface area contributed by atoms with Gasteiger partial charge in [0.05, 0.1) is 6.54 Å². The molecule has 0 saturated heterocycles. The zero-order chi connectivity index (χ0) is 13.0. The molecule has 1 heterocycles. The Morgan fingerprint density at radius 3 is 2.89 bits per heavy atom. The molecule has 0 atom stereocenters. The monoisotopic (exact) mass is 246 g/mol. The lowest BCUT2D eigenvalue weighted by atomic mass is 10.2. The van der Waals surface area contributed by atoms with Gasteiger partial charge in [0, 0.05) is 18.5 Å². The third-order valence-corrected chi connectivity index (χ3v) is 3.23. The van der Waals surface area contributed by atoms with Crippen LogP contribution >= 0.6 is 0 Å². The summed E-state index contributed by atoms with van der Waals surface area (Å²) in [6.07, 6.45) is 0. The third kappa shape index (κ3) is 3.34. The minimum absolute atomic E-state index is 0.797. The van der Waals surface area contributed by atoms with E-state index in [2.05, 4.69) is 49.3 Å². The maximum Gasteiger partial charge on any atom is 0.134 e. The van der Waals surface area contributed by atoms with E-state index in [9.17, 15) is 0 Å². The summed E-state index contributed by atoms with van der Waals surface area (Å²) in [7, 11) is 2.13. The summed E-state index contributed by atoms with van der Waals surface area (Å²) in [5, 5.41) is 4.60. The summed E-state index contributed by atoms with van der Waals surface area (Å²) in [4.78, 5) is 2.29. The molecule has 0 saturated carbocycles. The normalized spacial score (nSPS) is 11.6. The van der Waals surface area contributed by atoms with E-state index in [0.29, 0.717) is 0 Å². The second-order valence-electron chi connectivity index (χ2n) is 4.83. The Balaban J connectivity index is 1.88. The maximum absolute atomic E-state index is 5.78. The van der Waals surface area contributed by atoms with Crippen molar-refractivity contribution in [3.05, 3.63) is 35.6 Å². The van der Waals surface area contributed by atoms with Crippen LogP contribution in [0.1, 0.15) is 18.2 Å². The molecule has 0 spiro atoms. The van der Waals surface area contributed by atoms with E-state index in [1.807, 2.05) is 6.07 Å². The number of hydrogen-bond acceptors (Lipinski definition) is 3. The average Bonchev–Trinajstić information content (AvgIpc) is 2.76. The van der Waals surface area contributed by atoms with Gasteiger partial charge in [0.15, 0.2) is 0 Å². The number of furan rings is 1. The maximum atomic E-state index is 5.78. The Morgan fingerprint density at radius 1 is 1.28 bits per heavy atom. The minimum atomic E-state index is 0.797. The van der Waals surface area contributed by atoms with Gasteiger partial charge in [-0.05, 0) is 38.7 Å². The highest BCUT2D eigenvalue weighted by molar-refractivity contribution is 5.78. The molecule has 0 aliphatic carbocycles. The molecule has 0 radical (unpaired) electrons. The number of nitrogens with zero attached hydrogens (tertiary/aromatic N) is 1. The number of aryl methyl sites for hydroxylation is 1. The summed E-state index contributed by atoms with van der Waals surface area (Å²) in [5.41, 5.74) is 2.25. The lowest BCUT2D eigenvalue weighted by molar-refractivity contribution is 0.346. The van der Waals surface area contributed by atoms with Gasteiger partial charge < -0.3 is 14.6 Å². The number of rotatable bonds is 6. The highest BCUT2D eigenvalue weighted by atomic mass is 16.3. The van der Waals surface area contributed by atoms with Gasteiger partial charge in [0.1, 0.15) is 11.3 Å². The quantitative estimate of drug-likeness (QED) is 0.794. The van der Waals surface area contributed by atoms with E-state index in [4.69, 9.17) is 4.42 Å². The molecule has 0 aliphatic rings. The molecule has 0 aliphatic heterocycles. The van der Waals surface area contributed by atoms with Gasteiger partial charge in [-0.25, -0.2) is 0 Å². The van der Waals surface area contributed by atoms with Crippen molar-refractivity contribution in [3.8, 4) is 0 Å². The van der Waals surface area contributed by atoms with Crippen LogP contribution in [0.3, 0.4) is 0 Å². The number of nitrogens with one attached hydrogen (secondary N) is 1. The summed E-state index contributed by atoms with van der Waals surface area (Å²) in [6, 6.07) is 8.41. The fraction of sp³-hybridized carbons (Fsp3) is 0.467. The van der Waals surface area contributed by atoms with Gasteiger partial charge >= 0.3 is 0 Å². The first-order chi connectivity index (χ1) is 8.69. The third-order valence-electron chi connectivity index (χ3n) is 3.23. The highest BCUT2D eigenvalue weighted by Gasteiger charge is 2.03. The van der Waals surface area contributed by atoms with Gasteiger partial charge in [0.2, 0.25) is 0 Å². The van der Waals surface area contributed by atoms with Gasteiger partial charge in [-0.2, -0.15) is 0 Å². The first-order valence-corrected chi connectivity index (χ1v) is 6.57. The first kappa shape index (κ1) is 13.1. The van der Waals surface area contributed by atoms with Crippen LogP contribution in [0.5, 0.6) is 0 Å². The van der Waals surface area contributed by atoms with Crippen LogP contribution in [0.25, 0.3) is 11.0 Å². The van der Waals surface area contributed by atoms with E-state index in [0.717, 1.165) is 37.5 Å². The van der Waals surface area contributed by atoms with E-state index in [1.54, 1.807) is 0 Å². The van der Waals surface area contributed by atoms with E-state index >= 15 is 0 Å². The molecule has 3 heteroatoms. The molecule has 98 valence electrons. The van der Waals surface area contributed by atoms with Crippen molar-refractivity contribution in [1.29, 1.82) is 0 Å². The predicted octanol–water partition coefficient (Wildman–Crippen LogP) is 2.78. The van der Waals surface area contributed by atoms with Crippen LogP contribution in [0.4, 0.5) is 0 Å². The van der Waals surface area contributed by atoms with Crippen molar-refractivity contribution in [3.63, 3.8) is 0 Å². The molecule has 3 nitrogen and oxygen atoms in total. The topological polar surface area (TPSA) is 28.4 Å². The molecular formula is C15H22N2O. The van der Waals surface area contributed by atoms with Gasteiger partial charge in [-0.3, -0.25) is 0 Å². The number of benzene rings is 1. The SMILES string of the molecule is CCN(C)CCNCc1cc2cc(C)ccc2o1. The van der Waals surface area contributed by atoms with Crippen LogP contribution in [0.15, 0.2) is 28.7 Å². The van der Waals surface area contributed by atoms with Crippen LogP contribution in [0.2, 0.25) is 0 Å². The fourth-order valence-corrected chi connectivity index (χ4v) is 1.94. The Bertz CT molecular complexity index is 504. The van der Waals surface area contributed by atoms with Crippen molar-refractivity contribution < 1.29 is 4.42 Å². The molecule has 2 rings (SSSR count). The summed E-state index contributed by atoms with van der Waals surface area (Å²) in [5.74, 6) is 1.01. The fourth-order valence-electron chi connectivity index (χ4n) is 1.94. The van der Waals surface area contributed by atoms with Crippen molar-refractivity contribution in [1.82, 2.24) is 10.2 Å². The molecule has 1 aromatic heterocycles. The minimum Gasteiger partial charge on any atom is -0.460 e. The molecule has 0 fully saturated rings. The zero-order valence-electron chi connectivity index (χ0n) is 11.5. The van der Waals surface area contributed by atoms with Crippen molar-refractivity contribution in [2.24, 2.45) is 0 Å². The number of likely N-dealkylation sites (N-methyl/N-ethyl adjacent to an activating group) is 1. The average molecular weight is 246 g/mol. The van der Waals surface area contributed by atoms with Crippen molar-refractivity contribution in [2.75, 3.05) is 26.7 Å². The lowest BCUT2D eigenvalue weighted by Crippen LogP contribution is -2.28. The number of fused-ring (bicyclic) bond motifs is 1. The van der Waals surface area contributed by atoms with Gasteiger partial charge in [-0.15, -0.1) is 0 Å². The first-order valence-electron chi connectivity index (χ1n) is 6.57. The Labute approximate surface area is 109 Å². The molecule has 1 N–H and O–H groups in total. The largest absolute Gasteiger partial charge is 0.460 e. The Kier molecular flexibility index (Phi) is 4.39. The second kappa shape index (κ2) is 6.03. The van der Waals surface area contributed by atoms with E-state index in [1.165, 1.54) is 10.9 Å². The van der Waals surface area contributed by atoms with E-state index in [-0.39, 0.29) is 0 Å². The molecule has 1 aromatic carbocycles. The Hall–Kier alpha value is -1.32. The predicted molar refractivity (Wildman–Crippen MR) is 75.8 cm³/mol. The molecule has 0 unspecified atom stereocenters. The summed E-state index contributed by atoms with van der Waals surface area (Å²) in [6.45, 7) is 8.21. The van der Waals surface area contributed by atoms with Crippen LogP contribution in [0, 0.1) is 6.92 Å². The molecule has 18 heavy (non-hydrogen) atoms. The smallest absolute Gasteiger partial charge is 0.134 e. The van der Waals surface area contributed by atoms with Crippen LogP contribution in [-0.4, -0.2) is 31.6 Å². The zero-order valence-corrected chi connectivity index (χ0v) is 11.5. The van der Waals surface area contributed by atoms with Crippen molar-refractivity contribution in [2.45, 2.75) is 20.4 Å². The van der Waals surface area contributed by atoms with Crippen LogP contribution in [-0.2, 0) is 6.54 Å². The molecular weight excluding hydrogens is 224 g/mol. The second-order valence-corrected chi connectivity index (χ2v) is 4.83. The van der Waals surface area contributed by atoms with E-state index < -0.39 is 0 Å². The van der Waals surface area contributed by atoms with Crippen LogP contribution < -0.4 is 5.32 Å².